The molecule has 3 aromatic carbocycles. The van der Waals surface area contributed by atoms with E-state index in [-0.39, 0.29) is 69.2 Å². The molecule has 4 aliphatic carbocycles. The molecule has 0 spiro atoms. The first-order chi connectivity index (χ1) is 15.0. The fourth-order valence-corrected chi connectivity index (χ4v) is 7.30. The number of carbonyl (C=O) groups is 1. The summed E-state index contributed by atoms with van der Waals surface area (Å²) in [5.74, 6) is 2.83. The van der Waals surface area contributed by atoms with Gasteiger partial charge in [0.2, 0.25) is 0 Å². The quantitative estimate of drug-likeness (QED) is 0.552. The Morgan fingerprint density at radius 1 is 0.848 bits per heavy atom. The largest absolute Gasteiger partial charge is 1.00 e. The van der Waals surface area contributed by atoms with Gasteiger partial charge >= 0.3 is 57.4 Å². The zero-order valence-electron chi connectivity index (χ0n) is 19.3. The fraction of sp³-hybridized carbons (Fsp3) is 0.393. The smallest absolute Gasteiger partial charge is 1.00 e. The van der Waals surface area contributed by atoms with Crippen molar-refractivity contribution in [1.82, 2.24) is 0 Å². The molecule has 0 unspecified atom stereocenters. The van der Waals surface area contributed by atoms with E-state index in [9.17, 15) is 9.90 Å². The van der Waals surface area contributed by atoms with Crippen LogP contribution in [0.3, 0.4) is 0 Å². The molecule has 5 heteroatoms. The summed E-state index contributed by atoms with van der Waals surface area (Å²) in [6.45, 7) is 0. The third-order valence-electron chi connectivity index (χ3n) is 8.23. The second kappa shape index (κ2) is 9.64. The first kappa shape index (κ1) is 25.2. The molecule has 0 aromatic heterocycles. The maximum Gasteiger partial charge on any atom is 1.00 e. The van der Waals surface area contributed by atoms with Gasteiger partial charge in [-0.05, 0) is 114 Å². The Hall–Kier alpha value is -0.884. The predicted octanol–water partition coefficient (Wildman–Crippen LogP) is 0.689. The van der Waals surface area contributed by atoms with Crippen LogP contribution in [0.4, 0.5) is 0 Å². The Balaban J connectivity index is 0.00000130. The molecule has 4 saturated carbocycles. The number of methoxy groups -OCH3 is 1. The van der Waals surface area contributed by atoms with Crippen molar-refractivity contribution in [2.24, 2.45) is 17.8 Å². The summed E-state index contributed by atoms with van der Waals surface area (Å²) in [7, 11) is 1.80. The van der Waals surface area contributed by atoms with Crippen LogP contribution >= 0.6 is 0 Å². The maximum absolute atomic E-state index is 11.3. The Morgan fingerprint density at radius 3 is 2.00 bits per heavy atom. The molecular formula is C28H28ClKO3. The number of carboxylic acid groups (broad SMARTS) is 1. The topological polar surface area (TPSA) is 46.5 Å². The molecule has 4 bridgehead atoms. The van der Waals surface area contributed by atoms with Crippen LogP contribution in [0.25, 0.3) is 21.9 Å². The molecule has 0 atom stereocenters. The molecule has 33 heavy (non-hydrogen) atoms. The van der Waals surface area contributed by atoms with Crippen LogP contribution in [0, 0.1) is 17.8 Å². The number of hydrogen-bond donors (Lipinski definition) is 1. The molecule has 3 nitrogen and oxygen atoms in total. The summed E-state index contributed by atoms with van der Waals surface area (Å²) in [6.07, 6.45) is 8.25. The van der Waals surface area contributed by atoms with Crippen LogP contribution in [-0.4, -0.2) is 18.2 Å². The van der Waals surface area contributed by atoms with Crippen molar-refractivity contribution in [3.05, 3.63) is 65.7 Å². The Morgan fingerprint density at radius 2 is 1.39 bits per heavy atom. The first-order valence-corrected chi connectivity index (χ1v) is 11.5. The number of fused-ring (bicyclic) bond motifs is 1. The van der Waals surface area contributed by atoms with Gasteiger partial charge in [-0.1, -0.05) is 24.3 Å². The monoisotopic (exact) mass is 486 g/mol. The van der Waals surface area contributed by atoms with Gasteiger partial charge in [-0.3, -0.25) is 0 Å². The van der Waals surface area contributed by atoms with E-state index >= 15 is 0 Å². The fourth-order valence-electron chi connectivity index (χ4n) is 7.30. The molecule has 3 aromatic rings. The normalized spacial score (nSPS) is 27.0. The van der Waals surface area contributed by atoms with Crippen molar-refractivity contribution in [3.63, 3.8) is 0 Å². The van der Waals surface area contributed by atoms with E-state index in [2.05, 4.69) is 30.3 Å². The molecule has 0 heterocycles. The van der Waals surface area contributed by atoms with Crippen molar-refractivity contribution in [2.45, 2.75) is 43.9 Å². The van der Waals surface area contributed by atoms with Crippen molar-refractivity contribution in [1.29, 1.82) is 0 Å². The molecule has 7 rings (SSSR count). The number of rotatable bonds is 4. The van der Waals surface area contributed by atoms with Crippen molar-refractivity contribution in [2.75, 3.05) is 7.11 Å². The molecule has 4 aliphatic rings. The predicted molar refractivity (Wildman–Crippen MR) is 123 cm³/mol. The van der Waals surface area contributed by atoms with Crippen molar-refractivity contribution >= 4 is 16.7 Å². The average molecular weight is 487 g/mol. The molecule has 166 valence electrons. The molecule has 0 amide bonds. The number of ether oxygens (including phenoxy) is 1. The van der Waals surface area contributed by atoms with Gasteiger partial charge in [-0.15, -0.1) is 0 Å². The van der Waals surface area contributed by atoms with E-state index in [1.54, 1.807) is 19.2 Å². The third-order valence-corrected chi connectivity index (χ3v) is 8.23. The second-order valence-corrected chi connectivity index (χ2v) is 10.2. The minimum atomic E-state index is -0.888. The van der Waals surface area contributed by atoms with E-state index < -0.39 is 5.97 Å². The van der Waals surface area contributed by atoms with Gasteiger partial charge < -0.3 is 22.3 Å². The van der Waals surface area contributed by atoms with Gasteiger partial charge in [0.1, 0.15) is 5.75 Å². The zero-order valence-corrected chi connectivity index (χ0v) is 23.2. The molecular weight excluding hydrogens is 459 g/mol. The number of halogens is 1. The summed E-state index contributed by atoms with van der Waals surface area (Å²) >= 11 is 0. The number of benzene rings is 3. The summed E-state index contributed by atoms with van der Waals surface area (Å²) in [5, 5.41) is 11.3. The summed E-state index contributed by atoms with van der Waals surface area (Å²) in [5.41, 5.74) is 4.41. The van der Waals surface area contributed by atoms with E-state index in [0.29, 0.717) is 5.56 Å². The van der Waals surface area contributed by atoms with Crippen LogP contribution in [-0.2, 0) is 5.41 Å². The van der Waals surface area contributed by atoms with E-state index in [1.807, 2.05) is 12.1 Å². The Labute approximate surface area is 244 Å². The van der Waals surface area contributed by atoms with Gasteiger partial charge in [-0.25, -0.2) is 4.79 Å². The summed E-state index contributed by atoms with van der Waals surface area (Å²) in [4.78, 5) is 11.3. The minimum absolute atomic E-state index is 0. The van der Waals surface area contributed by atoms with Gasteiger partial charge in [0, 0.05) is 5.56 Å². The van der Waals surface area contributed by atoms with Gasteiger partial charge in [0.15, 0.2) is 0 Å². The molecule has 0 aliphatic heterocycles. The molecule has 4 fully saturated rings. The Kier molecular flexibility index (Phi) is 7.36. The first-order valence-electron chi connectivity index (χ1n) is 11.5. The van der Waals surface area contributed by atoms with Gasteiger partial charge in [-0.2, -0.15) is 0 Å². The number of carboxylic acids is 1. The molecule has 0 radical (unpaired) electrons. The van der Waals surface area contributed by atoms with Crippen LogP contribution in [0.15, 0.2) is 54.6 Å². The third kappa shape index (κ3) is 4.44. The molecule has 0 saturated heterocycles. The van der Waals surface area contributed by atoms with E-state index in [0.717, 1.165) is 34.3 Å². The minimum Gasteiger partial charge on any atom is -1.00 e. The number of aromatic carboxylic acids is 1. The zero-order chi connectivity index (χ0) is 21.2. The summed E-state index contributed by atoms with van der Waals surface area (Å²) < 4.78 is 5.88. The summed E-state index contributed by atoms with van der Waals surface area (Å²) in [6, 6.07) is 18.4. The SMILES string of the molecule is COc1ccc(-c2ccc3cc(C(=O)O)ccc3c2)cc1C12CC3CC(CC(C3)C1)C2.[Cl-].[K+]. The molecule has 1 N–H and O–H groups in total. The second-order valence-electron chi connectivity index (χ2n) is 10.2. The van der Waals surface area contributed by atoms with E-state index in [1.165, 1.54) is 55.2 Å². The van der Waals surface area contributed by atoms with Crippen LogP contribution in [0.5, 0.6) is 5.75 Å². The van der Waals surface area contributed by atoms with Gasteiger partial charge in [0.05, 0.1) is 12.7 Å². The van der Waals surface area contributed by atoms with Crippen LogP contribution in [0.2, 0.25) is 0 Å². The van der Waals surface area contributed by atoms with Crippen LogP contribution < -0.4 is 68.5 Å². The average Bonchev–Trinajstić information content (AvgIpc) is 2.77. The van der Waals surface area contributed by atoms with Crippen molar-refractivity contribution in [3.8, 4) is 16.9 Å². The van der Waals surface area contributed by atoms with Gasteiger partial charge in [0.25, 0.3) is 0 Å². The van der Waals surface area contributed by atoms with Crippen LogP contribution in [0.1, 0.15) is 54.4 Å². The number of hydrogen-bond acceptors (Lipinski definition) is 2. The Bertz CT molecular complexity index is 1170. The maximum atomic E-state index is 11.3. The van der Waals surface area contributed by atoms with Crippen molar-refractivity contribution < 1.29 is 78.4 Å². The standard InChI is InChI=1S/C28H28O3.ClH.K/c1-31-26-7-6-23(21-2-3-22-12-24(27(29)30)5-4-20(22)11-21)13-25(26)28-14-17-8-18(15-28)10-19(9-17)16-28;;/h2-7,11-13,17-19H,8-10,14-16H2,1H3,(H,29,30);1H;/q;;+1/p-1. The van der Waals surface area contributed by atoms with E-state index in [4.69, 9.17) is 4.74 Å².